The molecule has 16 heavy (non-hydrogen) atoms. The van der Waals surface area contributed by atoms with E-state index in [2.05, 4.69) is 10.3 Å². The molecule has 0 bridgehead atoms. The molecule has 0 aromatic carbocycles. The average Bonchev–Trinajstić information content (AvgIpc) is 2.15. The van der Waals surface area contributed by atoms with Gasteiger partial charge in [0, 0.05) is 12.5 Å². The Morgan fingerprint density at radius 2 is 2.12 bits per heavy atom. The van der Waals surface area contributed by atoms with E-state index >= 15 is 0 Å². The number of hydrogen-bond acceptors (Lipinski definition) is 3. The molecule has 0 aliphatic heterocycles. The van der Waals surface area contributed by atoms with Crippen LogP contribution in [0.5, 0.6) is 5.75 Å². The highest BCUT2D eigenvalue weighted by molar-refractivity contribution is 5.91. The SMILES string of the molecule is COc1cncc(NC(=O)CC(C)(C)C)c1. The van der Waals surface area contributed by atoms with Gasteiger partial charge in [-0.2, -0.15) is 0 Å². The Balaban J connectivity index is 2.62. The summed E-state index contributed by atoms with van der Waals surface area (Å²) in [5.74, 6) is 0.621. The predicted octanol–water partition coefficient (Wildman–Crippen LogP) is 2.46. The molecule has 0 aliphatic rings. The topological polar surface area (TPSA) is 51.2 Å². The van der Waals surface area contributed by atoms with Gasteiger partial charge in [-0.05, 0) is 5.41 Å². The molecule has 0 spiro atoms. The van der Waals surface area contributed by atoms with Gasteiger partial charge in [0.05, 0.1) is 25.2 Å². The van der Waals surface area contributed by atoms with E-state index in [-0.39, 0.29) is 11.3 Å². The van der Waals surface area contributed by atoms with Crippen LogP contribution in [0.2, 0.25) is 0 Å². The van der Waals surface area contributed by atoms with E-state index < -0.39 is 0 Å². The van der Waals surface area contributed by atoms with Crippen LogP contribution in [0.1, 0.15) is 27.2 Å². The Kier molecular flexibility index (Phi) is 3.88. The van der Waals surface area contributed by atoms with Crippen LogP contribution in [0.15, 0.2) is 18.5 Å². The fourth-order valence-electron chi connectivity index (χ4n) is 1.29. The van der Waals surface area contributed by atoms with Gasteiger partial charge < -0.3 is 10.1 Å². The van der Waals surface area contributed by atoms with E-state index in [0.29, 0.717) is 17.9 Å². The fourth-order valence-corrected chi connectivity index (χ4v) is 1.29. The van der Waals surface area contributed by atoms with E-state index in [9.17, 15) is 4.79 Å². The third kappa shape index (κ3) is 4.29. The van der Waals surface area contributed by atoms with Crippen LogP contribution in [0, 0.1) is 5.41 Å². The number of nitrogens with zero attached hydrogens (tertiary/aromatic N) is 1. The summed E-state index contributed by atoms with van der Waals surface area (Å²) in [6, 6.07) is 1.74. The molecule has 0 fully saturated rings. The van der Waals surface area contributed by atoms with E-state index in [1.54, 1.807) is 25.6 Å². The quantitative estimate of drug-likeness (QED) is 0.854. The number of ether oxygens (including phenoxy) is 1. The number of pyridine rings is 1. The molecule has 0 saturated carbocycles. The third-order valence-corrected chi connectivity index (χ3v) is 1.92. The van der Waals surface area contributed by atoms with Gasteiger partial charge in [-0.3, -0.25) is 9.78 Å². The molecule has 4 heteroatoms. The van der Waals surface area contributed by atoms with Gasteiger partial charge in [0.15, 0.2) is 0 Å². The molecule has 1 heterocycles. The summed E-state index contributed by atoms with van der Waals surface area (Å²) in [5, 5.41) is 2.79. The number of carbonyl (C=O) groups is 1. The lowest BCUT2D eigenvalue weighted by atomic mass is 9.92. The van der Waals surface area contributed by atoms with Crippen LogP contribution in [0.25, 0.3) is 0 Å². The molecule has 0 aliphatic carbocycles. The van der Waals surface area contributed by atoms with Crippen LogP contribution in [0.3, 0.4) is 0 Å². The summed E-state index contributed by atoms with van der Waals surface area (Å²) in [6.07, 6.45) is 3.67. The zero-order valence-corrected chi connectivity index (χ0v) is 10.2. The lowest BCUT2D eigenvalue weighted by Crippen LogP contribution is -2.19. The maximum Gasteiger partial charge on any atom is 0.224 e. The monoisotopic (exact) mass is 222 g/mol. The first kappa shape index (κ1) is 12.5. The number of aromatic nitrogens is 1. The van der Waals surface area contributed by atoms with Crippen molar-refractivity contribution in [2.75, 3.05) is 12.4 Å². The maximum absolute atomic E-state index is 11.6. The normalized spacial score (nSPS) is 11.0. The fraction of sp³-hybridized carbons (Fsp3) is 0.500. The first-order valence-electron chi connectivity index (χ1n) is 5.19. The molecule has 1 amide bonds. The number of methoxy groups -OCH3 is 1. The molecular weight excluding hydrogens is 204 g/mol. The van der Waals surface area contributed by atoms with Crippen LogP contribution in [0.4, 0.5) is 5.69 Å². The molecule has 88 valence electrons. The van der Waals surface area contributed by atoms with Gasteiger partial charge in [0.2, 0.25) is 5.91 Å². The van der Waals surface area contributed by atoms with Crippen molar-refractivity contribution < 1.29 is 9.53 Å². The molecule has 0 saturated heterocycles. The highest BCUT2D eigenvalue weighted by Crippen LogP contribution is 2.20. The maximum atomic E-state index is 11.6. The molecule has 1 aromatic heterocycles. The Hall–Kier alpha value is -1.58. The van der Waals surface area contributed by atoms with Crippen molar-refractivity contribution in [3.8, 4) is 5.75 Å². The van der Waals surface area contributed by atoms with E-state index in [1.807, 2.05) is 20.8 Å². The second kappa shape index (κ2) is 4.96. The van der Waals surface area contributed by atoms with Crippen LogP contribution >= 0.6 is 0 Å². The largest absolute Gasteiger partial charge is 0.495 e. The summed E-state index contributed by atoms with van der Waals surface area (Å²) in [4.78, 5) is 15.6. The summed E-state index contributed by atoms with van der Waals surface area (Å²) in [6.45, 7) is 6.07. The molecule has 0 unspecified atom stereocenters. The van der Waals surface area contributed by atoms with Crippen molar-refractivity contribution in [2.24, 2.45) is 5.41 Å². The minimum absolute atomic E-state index is 0.0115. The van der Waals surface area contributed by atoms with Crippen LogP contribution < -0.4 is 10.1 Å². The lowest BCUT2D eigenvalue weighted by Gasteiger charge is -2.17. The number of nitrogens with one attached hydrogen (secondary N) is 1. The molecule has 1 aromatic rings. The highest BCUT2D eigenvalue weighted by Gasteiger charge is 2.16. The van der Waals surface area contributed by atoms with Crippen molar-refractivity contribution in [3.63, 3.8) is 0 Å². The van der Waals surface area contributed by atoms with E-state index in [4.69, 9.17) is 4.74 Å². The van der Waals surface area contributed by atoms with Crippen molar-refractivity contribution >= 4 is 11.6 Å². The second-order valence-corrected chi connectivity index (χ2v) is 4.90. The van der Waals surface area contributed by atoms with Crippen molar-refractivity contribution in [1.29, 1.82) is 0 Å². The minimum atomic E-state index is -0.0175. The van der Waals surface area contributed by atoms with Gasteiger partial charge in [-0.1, -0.05) is 20.8 Å². The number of carbonyl (C=O) groups excluding carboxylic acids is 1. The van der Waals surface area contributed by atoms with Gasteiger partial charge in [-0.25, -0.2) is 0 Å². The van der Waals surface area contributed by atoms with Gasteiger partial charge in [0.1, 0.15) is 5.75 Å². The highest BCUT2D eigenvalue weighted by atomic mass is 16.5. The lowest BCUT2D eigenvalue weighted by molar-refractivity contribution is -0.117. The van der Waals surface area contributed by atoms with E-state index in [0.717, 1.165) is 0 Å². The van der Waals surface area contributed by atoms with Gasteiger partial charge in [0.25, 0.3) is 0 Å². The predicted molar refractivity (Wildman–Crippen MR) is 63.5 cm³/mol. The van der Waals surface area contributed by atoms with Gasteiger partial charge >= 0.3 is 0 Å². The number of rotatable bonds is 3. The summed E-state index contributed by atoms with van der Waals surface area (Å²) in [5.41, 5.74) is 0.643. The summed E-state index contributed by atoms with van der Waals surface area (Å²) in [7, 11) is 1.57. The molecule has 4 nitrogen and oxygen atoms in total. The Morgan fingerprint density at radius 1 is 1.44 bits per heavy atom. The zero-order valence-electron chi connectivity index (χ0n) is 10.2. The average molecular weight is 222 g/mol. The smallest absolute Gasteiger partial charge is 0.224 e. The number of hydrogen-bond donors (Lipinski definition) is 1. The summed E-state index contributed by atoms with van der Waals surface area (Å²) < 4.78 is 5.02. The van der Waals surface area contributed by atoms with Crippen LogP contribution in [-0.2, 0) is 4.79 Å². The minimum Gasteiger partial charge on any atom is -0.495 e. The first-order valence-corrected chi connectivity index (χ1v) is 5.19. The molecule has 1 rings (SSSR count). The summed E-state index contributed by atoms with van der Waals surface area (Å²) >= 11 is 0. The molecule has 0 radical (unpaired) electrons. The van der Waals surface area contributed by atoms with Crippen LogP contribution in [-0.4, -0.2) is 18.0 Å². The molecule has 0 atom stereocenters. The molecular formula is C12H18N2O2. The molecule has 1 N–H and O–H groups in total. The van der Waals surface area contributed by atoms with Crippen molar-refractivity contribution in [2.45, 2.75) is 27.2 Å². The Bertz CT molecular complexity index is 370. The second-order valence-electron chi connectivity index (χ2n) is 4.90. The van der Waals surface area contributed by atoms with Crippen molar-refractivity contribution in [1.82, 2.24) is 4.98 Å². The Morgan fingerprint density at radius 3 is 2.69 bits per heavy atom. The van der Waals surface area contributed by atoms with E-state index in [1.165, 1.54) is 0 Å². The number of amides is 1. The van der Waals surface area contributed by atoms with Crippen molar-refractivity contribution in [3.05, 3.63) is 18.5 Å². The Labute approximate surface area is 96.0 Å². The zero-order chi connectivity index (χ0) is 12.2. The first-order chi connectivity index (χ1) is 7.40. The number of anilines is 1. The standard InChI is InChI=1S/C12H18N2O2/c1-12(2,3)6-11(15)14-9-5-10(16-4)8-13-7-9/h5,7-8H,6H2,1-4H3,(H,14,15). The third-order valence-electron chi connectivity index (χ3n) is 1.92. The van der Waals surface area contributed by atoms with Gasteiger partial charge in [-0.15, -0.1) is 0 Å².